The number of alkyl halides is 3. The van der Waals surface area contributed by atoms with E-state index in [1.165, 1.54) is 0 Å². The lowest BCUT2D eigenvalue weighted by atomic mass is 9.99. The molecule has 1 aliphatic rings. The zero-order valence-corrected chi connectivity index (χ0v) is 13.5. The number of carbonyl (C=O) groups is 1. The van der Waals surface area contributed by atoms with Crippen molar-refractivity contribution in [3.8, 4) is 0 Å². The average molecular weight is 368 g/mol. The second-order valence-electron chi connectivity index (χ2n) is 5.12. The molecule has 0 aliphatic carbocycles. The van der Waals surface area contributed by atoms with Crippen molar-refractivity contribution in [2.75, 3.05) is 13.1 Å². The molecule has 0 bridgehead atoms. The van der Waals surface area contributed by atoms with Crippen molar-refractivity contribution in [2.24, 2.45) is 11.7 Å². The van der Waals surface area contributed by atoms with Crippen LogP contribution in [0.2, 0.25) is 0 Å². The molecule has 23 heavy (non-hydrogen) atoms. The normalized spacial score (nSPS) is 20.4. The van der Waals surface area contributed by atoms with Crippen LogP contribution in [0.4, 0.5) is 13.2 Å². The quantitative estimate of drug-likeness (QED) is 0.826. The monoisotopic (exact) mass is 368 g/mol. The predicted molar refractivity (Wildman–Crippen MR) is 79.0 cm³/mol. The number of halogens is 3. The maximum absolute atomic E-state index is 12.5. The number of rotatable bonds is 4. The van der Waals surface area contributed by atoms with E-state index in [1.54, 1.807) is 0 Å². The zero-order chi connectivity index (χ0) is 17.3. The van der Waals surface area contributed by atoms with Gasteiger partial charge in [-0.25, -0.2) is 8.42 Å². The smallest absolute Gasteiger partial charge is 0.369 e. The van der Waals surface area contributed by atoms with Gasteiger partial charge in [0.05, 0.1) is 10.8 Å². The number of thioether (sulfide) groups is 1. The third kappa shape index (κ3) is 4.61. The van der Waals surface area contributed by atoms with Gasteiger partial charge in [-0.15, -0.1) is 0 Å². The van der Waals surface area contributed by atoms with Crippen LogP contribution < -0.4 is 5.73 Å². The van der Waals surface area contributed by atoms with Gasteiger partial charge in [-0.1, -0.05) is 0 Å². The minimum atomic E-state index is -4.43. The Bertz CT molecular complexity index is 675. The number of sulfonamides is 1. The number of nitrogens with zero attached hydrogens (tertiary/aromatic N) is 1. The van der Waals surface area contributed by atoms with Crippen LogP contribution in [-0.2, 0) is 14.8 Å². The van der Waals surface area contributed by atoms with Gasteiger partial charge in [0, 0.05) is 18.0 Å². The molecule has 10 heteroatoms. The van der Waals surface area contributed by atoms with E-state index in [0.29, 0.717) is 12.8 Å². The summed E-state index contributed by atoms with van der Waals surface area (Å²) >= 11 is -0.310. The van der Waals surface area contributed by atoms with E-state index in [4.69, 9.17) is 5.73 Å². The molecular weight excluding hydrogens is 353 g/mol. The number of amides is 1. The fraction of sp³-hybridized carbons (Fsp3) is 0.462. The van der Waals surface area contributed by atoms with Gasteiger partial charge in [0.15, 0.2) is 0 Å². The number of hydrogen-bond acceptors (Lipinski definition) is 4. The lowest BCUT2D eigenvalue weighted by Gasteiger charge is -2.30. The molecule has 1 saturated heterocycles. The van der Waals surface area contributed by atoms with Crippen molar-refractivity contribution in [3.05, 3.63) is 24.3 Å². The summed E-state index contributed by atoms with van der Waals surface area (Å²) in [5, 5.41) is 0. The molecule has 2 rings (SSSR count). The van der Waals surface area contributed by atoms with Crippen molar-refractivity contribution >= 4 is 27.7 Å². The summed E-state index contributed by atoms with van der Waals surface area (Å²) in [5.74, 6) is -1.10. The van der Waals surface area contributed by atoms with Crippen molar-refractivity contribution < 1.29 is 26.4 Å². The van der Waals surface area contributed by atoms with Gasteiger partial charge >= 0.3 is 5.51 Å². The first-order valence-electron chi connectivity index (χ1n) is 6.75. The highest BCUT2D eigenvalue weighted by atomic mass is 32.2. The third-order valence-corrected chi connectivity index (χ3v) is 6.10. The van der Waals surface area contributed by atoms with Crippen molar-refractivity contribution in [1.82, 2.24) is 4.31 Å². The van der Waals surface area contributed by atoms with Crippen LogP contribution in [0.5, 0.6) is 0 Å². The minimum absolute atomic E-state index is 0.00325. The largest absolute Gasteiger partial charge is 0.446 e. The molecule has 1 unspecified atom stereocenters. The molecule has 5 nitrogen and oxygen atoms in total. The Labute approximate surface area is 136 Å². The molecular formula is C13H15F3N2O3S2. The van der Waals surface area contributed by atoms with E-state index in [0.717, 1.165) is 28.6 Å². The summed E-state index contributed by atoms with van der Waals surface area (Å²) in [6.07, 6.45) is 1.04. The maximum atomic E-state index is 12.5. The summed E-state index contributed by atoms with van der Waals surface area (Å²) in [6, 6.07) is 4.50. The molecule has 0 radical (unpaired) electrons. The summed E-state index contributed by atoms with van der Waals surface area (Å²) in [4.78, 5) is 11.0. The van der Waals surface area contributed by atoms with E-state index in [2.05, 4.69) is 0 Å². The Hall–Kier alpha value is -1.26. The summed E-state index contributed by atoms with van der Waals surface area (Å²) in [6.45, 7) is 0.252. The molecule has 1 heterocycles. The summed E-state index contributed by atoms with van der Waals surface area (Å²) in [7, 11) is -3.85. The maximum Gasteiger partial charge on any atom is 0.446 e. The van der Waals surface area contributed by atoms with E-state index in [-0.39, 0.29) is 34.6 Å². The lowest BCUT2D eigenvalue weighted by Crippen LogP contribution is -2.44. The zero-order valence-electron chi connectivity index (χ0n) is 11.9. The molecule has 1 atom stereocenters. The fourth-order valence-electron chi connectivity index (χ4n) is 2.36. The average Bonchev–Trinajstić information content (AvgIpc) is 2.46. The molecule has 0 aromatic heterocycles. The predicted octanol–water partition coefficient (Wildman–Crippen LogP) is 2.18. The number of benzene rings is 1. The van der Waals surface area contributed by atoms with E-state index < -0.39 is 27.4 Å². The van der Waals surface area contributed by atoms with Crippen LogP contribution >= 0.6 is 11.8 Å². The Morgan fingerprint density at radius 2 is 1.87 bits per heavy atom. The van der Waals surface area contributed by atoms with E-state index in [9.17, 15) is 26.4 Å². The Kier molecular flexibility index (Phi) is 5.27. The van der Waals surface area contributed by atoms with Gasteiger partial charge < -0.3 is 5.73 Å². The Morgan fingerprint density at radius 1 is 1.26 bits per heavy atom. The van der Waals surface area contributed by atoms with Crippen LogP contribution in [0, 0.1) is 5.92 Å². The molecule has 1 aliphatic heterocycles. The molecule has 1 fully saturated rings. The van der Waals surface area contributed by atoms with Crippen LogP contribution in [0.3, 0.4) is 0 Å². The van der Waals surface area contributed by atoms with E-state index >= 15 is 0 Å². The lowest BCUT2D eigenvalue weighted by molar-refractivity contribution is -0.122. The second-order valence-corrected chi connectivity index (χ2v) is 8.20. The van der Waals surface area contributed by atoms with Gasteiger partial charge in [0.25, 0.3) is 0 Å². The molecule has 1 aromatic carbocycles. The fourth-order valence-corrected chi connectivity index (χ4v) is 4.42. The van der Waals surface area contributed by atoms with Gasteiger partial charge in [-0.05, 0) is 48.9 Å². The number of hydrogen-bond donors (Lipinski definition) is 1. The van der Waals surface area contributed by atoms with E-state index in [1.807, 2.05) is 0 Å². The topological polar surface area (TPSA) is 80.5 Å². The molecule has 1 aromatic rings. The number of piperidine rings is 1. The first-order valence-corrected chi connectivity index (χ1v) is 9.00. The highest BCUT2D eigenvalue weighted by molar-refractivity contribution is 8.00. The van der Waals surface area contributed by atoms with Crippen LogP contribution in [0.1, 0.15) is 12.8 Å². The molecule has 2 N–H and O–H groups in total. The van der Waals surface area contributed by atoms with Gasteiger partial charge in [-0.2, -0.15) is 17.5 Å². The highest BCUT2D eigenvalue weighted by Crippen LogP contribution is 2.37. The van der Waals surface area contributed by atoms with Gasteiger partial charge in [0.2, 0.25) is 15.9 Å². The SMILES string of the molecule is NC(=O)C1CCCN(S(=O)(=O)c2ccc(SC(F)(F)F)cc2)C1. The number of nitrogens with two attached hydrogens (primary N) is 1. The van der Waals surface area contributed by atoms with Crippen molar-refractivity contribution in [3.63, 3.8) is 0 Å². The van der Waals surface area contributed by atoms with Crippen molar-refractivity contribution in [2.45, 2.75) is 28.1 Å². The second kappa shape index (κ2) is 6.70. The van der Waals surface area contributed by atoms with Gasteiger partial charge in [-0.3, -0.25) is 4.79 Å². The first-order chi connectivity index (χ1) is 10.6. The van der Waals surface area contributed by atoms with Crippen molar-refractivity contribution in [1.29, 1.82) is 0 Å². The highest BCUT2D eigenvalue weighted by Gasteiger charge is 2.33. The summed E-state index contributed by atoms with van der Waals surface area (Å²) < 4.78 is 63.0. The standard InChI is InChI=1S/C13H15F3N2O3S2/c14-13(15,16)22-10-3-5-11(6-4-10)23(20,21)18-7-1-2-9(8-18)12(17)19/h3-6,9H,1-2,7-8H2,(H2,17,19). The molecule has 128 valence electrons. The first kappa shape index (κ1) is 18.1. The number of carbonyl (C=O) groups excluding carboxylic acids is 1. The van der Waals surface area contributed by atoms with Crippen LogP contribution in [0.25, 0.3) is 0 Å². The number of primary amides is 1. The minimum Gasteiger partial charge on any atom is -0.369 e. The molecule has 0 spiro atoms. The third-order valence-electron chi connectivity index (χ3n) is 3.48. The van der Waals surface area contributed by atoms with Crippen LogP contribution in [0.15, 0.2) is 34.1 Å². The summed E-state index contributed by atoms with van der Waals surface area (Å²) in [5.41, 5.74) is 0.792. The van der Waals surface area contributed by atoms with Crippen LogP contribution in [-0.4, -0.2) is 37.2 Å². The Morgan fingerprint density at radius 3 is 2.39 bits per heavy atom. The molecule has 1 amide bonds. The Balaban J connectivity index is 2.17. The molecule has 0 saturated carbocycles. The van der Waals surface area contributed by atoms with Gasteiger partial charge in [0.1, 0.15) is 0 Å².